The van der Waals surface area contributed by atoms with Gasteiger partial charge in [0.25, 0.3) is 0 Å². The van der Waals surface area contributed by atoms with Crippen LogP contribution in [-0.2, 0) is 9.59 Å². The molecule has 41 heavy (non-hydrogen) atoms. The van der Waals surface area contributed by atoms with E-state index in [0.717, 1.165) is 58.6 Å². The first-order chi connectivity index (χ1) is 19.6. The molecule has 3 atom stereocenters. The van der Waals surface area contributed by atoms with E-state index in [1.165, 1.54) is 9.58 Å². The van der Waals surface area contributed by atoms with Gasteiger partial charge in [0.15, 0.2) is 0 Å². The molecule has 1 fully saturated rings. The first-order valence-electron chi connectivity index (χ1n) is 13.3. The first kappa shape index (κ1) is 30.2. The van der Waals surface area contributed by atoms with E-state index in [9.17, 15) is 5.11 Å². The average Bonchev–Trinajstić information content (AvgIpc) is 3.55. The van der Waals surface area contributed by atoms with Gasteiger partial charge in [-0.25, -0.2) is 9.59 Å². The molecular formula is C30H36N2O8S. The van der Waals surface area contributed by atoms with Gasteiger partial charge in [-0.15, -0.1) is 11.3 Å². The van der Waals surface area contributed by atoms with E-state index < -0.39 is 18.0 Å². The number of aliphatic hydroxyl groups excluding tert-OH is 1. The van der Waals surface area contributed by atoms with E-state index in [2.05, 4.69) is 35.0 Å². The summed E-state index contributed by atoms with van der Waals surface area (Å²) < 4.78 is 18.3. The third-order valence-corrected chi connectivity index (χ3v) is 8.53. The SMILES string of the molecule is COc1cc(OC)c2cc([C@@H]3CCN(C[C@H](O)COc4cccc5[nH]c(C)cc45)[C@@H](C)C3)sc2c1.O=C(O)C(=O)O. The smallest absolute Gasteiger partial charge is 0.414 e. The number of aromatic nitrogens is 1. The van der Waals surface area contributed by atoms with E-state index in [4.69, 9.17) is 34.0 Å². The molecule has 1 aliphatic heterocycles. The predicted molar refractivity (Wildman–Crippen MR) is 158 cm³/mol. The van der Waals surface area contributed by atoms with Crippen molar-refractivity contribution in [2.75, 3.05) is 33.9 Å². The lowest BCUT2D eigenvalue weighted by molar-refractivity contribution is -0.159. The van der Waals surface area contributed by atoms with E-state index in [-0.39, 0.29) is 6.61 Å². The van der Waals surface area contributed by atoms with Crippen molar-refractivity contribution in [2.24, 2.45) is 0 Å². The van der Waals surface area contributed by atoms with Crippen molar-refractivity contribution in [2.45, 2.75) is 44.8 Å². The third kappa shape index (κ3) is 7.29. The number of carboxylic acids is 2. The van der Waals surface area contributed by atoms with Crippen molar-refractivity contribution in [1.82, 2.24) is 9.88 Å². The molecule has 0 bridgehead atoms. The lowest BCUT2D eigenvalue weighted by Crippen LogP contribution is -2.45. The molecule has 2 aromatic heterocycles. The van der Waals surface area contributed by atoms with Gasteiger partial charge in [0.05, 0.1) is 14.2 Å². The van der Waals surface area contributed by atoms with Crippen LogP contribution < -0.4 is 14.2 Å². The monoisotopic (exact) mass is 584 g/mol. The van der Waals surface area contributed by atoms with Crippen LogP contribution in [0.15, 0.2) is 42.5 Å². The summed E-state index contributed by atoms with van der Waals surface area (Å²) in [6.07, 6.45) is 1.61. The number of aryl methyl sites for hydroxylation is 1. The zero-order valence-electron chi connectivity index (χ0n) is 23.5. The lowest BCUT2D eigenvalue weighted by Gasteiger charge is -2.38. The van der Waals surface area contributed by atoms with Crippen molar-refractivity contribution in [3.05, 3.63) is 53.0 Å². The first-order valence-corrected chi connectivity index (χ1v) is 14.2. The van der Waals surface area contributed by atoms with Gasteiger partial charge >= 0.3 is 11.9 Å². The largest absolute Gasteiger partial charge is 0.497 e. The number of hydrogen-bond acceptors (Lipinski definition) is 8. The summed E-state index contributed by atoms with van der Waals surface area (Å²) in [6.45, 7) is 6.17. The van der Waals surface area contributed by atoms with Gasteiger partial charge in [0, 0.05) is 50.2 Å². The minimum Gasteiger partial charge on any atom is -0.497 e. The number of fused-ring (bicyclic) bond motifs is 2. The number of ether oxygens (including phenoxy) is 3. The fraction of sp³-hybridized carbons (Fsp3) is 0.400. The number of β-amino-alcohol motifs (C(OH)–C–C–N with tert-alkyl or cyclic N) is 1. The van der Waals surface area contributed by atoms with Crippen molar-refractivity contribution in [3.8, 4) is 17.2 Å². The molecule has 0 amide bonds. The summed E-state index contributed by atoms with van der Waals surface area (Å²) in [5.74, 6) is -0.636. The number of likely N-dealkylation sites (tertiary alicyclic amines) is 1. The summed E-state index contributed by atoms with van der Waals surface area (Å²) in [6, 6.07) is 14.8. The molecule has 4 N–H and O–H groups in total. The number of nitrogens with one attached hydrogen (secondary N) is 1. The molecule has 4 aromatic rings. The Labute approximate surface area is 242 Å². The number of piperidine rings is 1. The van der Waals surface area contributed by atoms with E-state index in [1.807, 2.05) is 42.5 Å². The van der Waals surface area contributed by atoms with Crippen LogP contribution >= 0.6 is 11.3 Å². The Morgan fingerprint density at radius 3 is 2.49 bits per heavy atom. The van der Waals surface area contributed by atoms with Gasteiger partial charge in [-0.05, 0) is 69.5 Å². The van der Waals surface area contributed by atoms with Crippen molar-refractivity contribution in [3.63, 3.8) is 0 Å². The number of carbonyl (C=O) groups is 2. The molecule has 5 rings (SSSR count). The minimum atomic E-state index is -1.82. The van der Waals surface area contributed by atoms with Gasteiger partial charge in [-0.2, -0.15) is 0 Å². The number of aliphatic carboxylic acids is 2. The second-order valence-corrected chi connectivity index (χ2v) is 11.3. The Morgan fingerprint density at radius 1 is 1.07 bits per heavy atom. The van der Waals surface area contributed by atoms with Crippen LogP contribution in [0.25, 0.3) is 21.0 Å². The quantitative estimate of drug-likeness (QED) is 0.213. The van der Waals surface area contributed by atoms with Crippen LogP contribution in [0.3, 0.4) is 0 Å². The number of rotatable bonds is 8. The highest BCUT2D eigenvalue weighted by Crippen LogP contribution is 2.42. The average molecular weight is 585 g/mol. The molecule has 10 nitrogen and oxygen atoms in total. The lowest BCUT2D eigenvalue weighted by atomic mass is 9.90. The molecule has 0 spiro atoms. The highest BCUT2D eigenvalue weighted by atomic mass is 32.1. The number of methoxy groups -OCH3 is 2. The van der Waals surface area contributed by atoms with Crippen LogP contribution in [0.1, 0.15) is 36.3 Å². The zero-order valence-corrected chi connectivity index (χ0v) is 24.4. The topological polar surface area (TPSA) is 142 Å². The maximum absolute atomic E-state index is 10.7. The predicted octanol–water partition coefficient (Wildman–Crippen LogP) is 4.87. The number of aliphatic hydroxyl groups is 1. The summed E-state index contributed by atoms with van der Waals surface area (Å²) in [4.78, 5) is 25.3. The van der Waals surface area contributed by atoms with Crippen LogP contribution in [0.5, 0.6) is 17.2 Å². The standard InChI is InChI=1S/C28H34N2O4S.C2H2O4/c1-17-10-22-24(29-17)6-5-7-25(22)34-16-20(31)15-30-9-8-19(11-18(30)2)27-14-23-26(33-4)12-21(32-3)13-28(23)35-27;3-1(4)2(5)6/h5-7,10,12-14,18-20,29,31H,8-9,11,15-16H2,1-4H3;(H,3,4)(H,5,6)/t18-,19+,20-;/m0./s1. The summed E-state index contributed by atoms with van der Waals surface area (Å²) in [5, 5.41) is 27.7. The van der Waals surface area contributed by atoms with Crippen LogP contribution in [0.2, 0.25) is 0 Å². The number of thiophene rings is 1. The molecule has 11 heteroatoms. The molecule has 220 valence electrons. The molecule has 2 aromatic carbocycles. The third-order valence-electron chi connectivity index (χ3n) is 7.28. The Balaban J connectivity index is 0.000000585. The Morgan fingerprint density at radius 2 is 1.83 bits per heavy atom. The molecular weight excluding hydrogens is 548 g/mol. The van der Waals surface area contributed by atoms with Gasteiger partial charge in [0.2, 0.25) is 0 Å². The maximum atomic E-state index is 10.7. The van der Waals surface area contributed by atoms with Crippen molar-refractivity contribution in [1.29, 1.82) is 0 Å². The number of hydrogen-bond donors (Lipinski definition) is 4. The Hall–Kier alpha value is -3.80. The van der Waals surface area contributed by atoms with Crippen molar-refractivity contribution < 1.29 is 39.1 Å². The highest BCUT2D eigenvalue weighted by Gasteiger charge is 2.29. The molecule has 0 radical (unpaired) electrons. The number of nitrogens with zero attached hydrogens (tertiary/aromatic N) is 1. The minimum absolute atomic E-state index is 0.286. The number of carboxylic acid groups (broad SMARTS) is 2. The molecule has 0 unspecified atom stereocenters. The van der Waals surface area contributed by atoms with Gasteiger partial charge in [-0.1, -0.05) is 6.07 Å². The van der Waals surface area contributed by atoms with E-state index >= 15 is 0 Å². The maximum Gasteiger partial charge on any atom is 0.414 e. The molecule has 0 saturated carbocycles. The molecule has 1 saturated heterocycles. The van der Waals surface area contributed by atoms with E-state index in [1.54, 1.807) is 14.2 Å². The number of aromatic amines is 1. The second-order valence-electron chi connectivity index (χ2n) is 10.2. The summed E-state index contributed by atoms with van der Waals surface area (Å²) in [7, 11) is 3.40. The summed E-state index contributed by atoms with van der Waals surface area (Å²) >= 11 is 1.84. The normalized spacial score (nSPS) is 18.0. The fourth-order valence-electron chi connectivity index (χ4n) is 5.24. The molecule has 0 aliphatic carbocycles. The van der Waals surface area contributed by atoms with Crippen LogP contribution in [-0.4, -0.2) is 83.2 Å². The zero-order chi connectivity index (χ0) is 29.7. The van der Waals surface area contributed by atoms with E-state index in [0.29, 0.717) is 18.5 Å². The van der Waals surface area contributed by atoms with Crippen molar-refractivity contribution >= 4 is 44.3 Å². The Bertz CT molecular complexity index is 1500. The highest BCUT2D eigenvalue weighted by molar-refractivity contribution is 7.19. The second kappa shape index (κ2) is 13.2. The molecule has 1 aliphatic rings. The van der Waals surface area contributed by atoms with Gasteiger partial charge in [-0.3, -0.25) is 4.90 Å². The molecule has 3 heterocycles. The van der Waals surface area contributed by atoms with Gasteiger partial charge < -0.3 is 34.5 Å². The van der Waals surface area contributed by atoms with Gasteiger partial charge in [0.1, 0.15) is 30.0 Å². The summed E-state index contributed by atoms with van der Waals surface area (Å²) in [5.41, 5.74) is 2.16. The number of H-pyrrole nitrogens is 1. The number of benzene rings is 2. The Kier molecular flexibility index (Phi) is 9.74. The van der Waals surface area contributed by atoms with Crippen LogP contribution in [0, 0.1) is 6.92 Å². The fourth-order valence-corrected chi connectivity index (χ4v) is 6.50. The van der Waals surface area contributed by atoms with Crippen LogP contribution in [0.4, 0.5) is 0 Å².